The molecule has 0 radical (unpaired) electrons. The Kier molecular flexibility index (Phi) is 5.36. The number of ether oxygens (including phenoxy) is 1. The SMILES string of the molecule is CC(C)Nc1cc(-c2noc(N3CCN(C(=O)OC4(C)CC4)CC3)n2)ccc1C=N. The molecule has 1 aliphatic heterocycles. The molecule has 2 aliphatic rings. The molecule has 1 aromatic heterocycles. The zero-order valence-electron chi connectivity index (χ0n) is 17.6. The van der Waals surface area contributed by atoms with Gasteiger partial charge in [0.15, 0.2) is 0 Å². The van der Waals surface area contributed by atoms with Crippen molar-refractivity contribution in [3.8, 4) is 11.4 Å². The number of anilines is 2. The summed E-state index contributed by atoms with van der Waals surface area (Å²) in [5, 5.41) is 15.1. The van der Waals surface area contributed by atoms with E-state index in [0.717, 1.165) is 29.7 Å². The molecule has 0 atom stereocenters. The molecule has 2 N–H and O–H groups in total. The number of carbonyl (C=O) groups excluding carboxylic acids is 1. The molecule has 2 aromatic rings. The van der Waals surface area contributed by atoms with Crippen LogP contribution in [0.2, 0.25) is 0 Å². The monoisotopic (exact) mass is 412 g/mol. The Balaban J connectivity index is 1.41. The van der Waals surface area contributed by atoms with Gasteiger partial charge in [0.25, 0.3) is 0 Å². The Morgan fingerprint density at radius 2 is 2.03 bits per heavy atom. The molecule has 2 heterocycles. The molecule has 4 rings (SSSR count). The summed E-state index contributed by atoms with van der Waals surface area (Å²) in [6, 6.07) is 6.37. The van der Waals surface area contributed by atoms with Gasteiger partial charge in [-0.05, 0) is 39.7 Å². The molecular weight excluding hydrogens is 384 g/mol. The molecule has 2 fully saturated rings. The fourth-order valence-electron chi connectivity index (χ4n) is 3.35. The third-order valence-corrected chi connectivity index (χ3v) is 5.42. The van der Waals surface area contributed by atoms with Crippen LogP contribution in [0.4, 0.5) is 16.5 Å². The van der Waals surface area contributed by atoms with Crippen LogP contribution < -0.4 is 10.2 Å². The summed E-state index contributed by atoms with van der Waals surface area (Å²) < 4.78 is 11.0. The number of benzene rings is 1. The second kappa shape index (κ2) is 7.97. The van der Waals surface area contributed by atoms with Gasteiger partial charge < -0.3 is 29.8 Å². The van der Waals surface area contributed by atoms with Crippen molar-refractivity contribution in [3.63, 3.8) is 0 Å². The van der Waals surface area contributed by atoms with Gasteiger partial charge in [0.2, 0.25) is 5.82 Å². The number of nitrogens with zero attached hydrogens (tertiary/aromatic N) is 4. The molecule has 0 spiro atoms. The molecule has 160 valence electrons. The van der Waals surface area contributed by atoms with E-state index in [9.17, 15) is 4.79 Å². The lowest BCUT2D eigenvalue weighted by Gasteiger charge is -2.33. The average molecular weight is 412 g/mol. The van der Waals surface area contributed by atoms with E-state index in [1.807, 2.05) is 43.9 Å². The minimum atomic E-state index is -0.258. The van der Waals surface area contributed by atoms with Crippen LogP contribution in [0.5, 0.6) is 0 Å². The number of hydrogen-bond acceptors (Lipinski definition) is 8. The molecule has 9 nitrogen and oxygen atoms in total. The zero-order chi connectivity index (χ0) is 21.3. The van der Waals surface area contributed by atoms with E-state index < -0.39 is 0 Å². The molecule has 30 heavy (non-hydrogen) atoms. The number of rotatable bonds is 6. The van der Waals surface area contributed by atoms with Crippen molar-refractivity contribution >= 4 is 24.0 Å². The Labute approximate surface area is 175 Å². The summed E-state index contributed by atoms with van der Waals surface area (Å²) in [4.78, 5) is 20.5. The molecular formula is C21H28N6O3. The first-order valence-electron chi connectivity index (χ1n) is 10.3. The van der Waals surface area contributed by atoms with Crippen molar-refractivity contribution in [2.45, 2.75) is 45.3 Å². The van der Waals surface area contributed by atoms with E-state index in [1.165, 1.54) is 6.21 Å². The molecule has 0 unspecified atom stereocenters. The molecule has 1 aliphatic carbocycles. The number of amides is 1. The van der Waals surface area contributed by atoms with Crippen LogP contribution >= 0.6 is 0 Å². The quantitative estimate of drug-likeness (QED) is 0.701. The van der Waals surface area contributed by atoms with E-state index in [-0.39, 0.29) is 17.7 Å². The number of aromatic nitrogens is 2. The zero-order valence-corrected chi connectivity index (χ0v) is 17.6. The highest BCUT2D eigenvalue weighted by atomic mass is 16.6. The fourth-order valence-corrected chi connectivity index (χ4v) is 3.35. The summed E-state index contributed by atoms with van der Waals surface area (Å²) in [5.74, 6) is 0.497. The van der Waals surface area contributed by atoms with Gasteiger partial charge in [-0.25, -0.2) is 4.79 Å². The lowest BCUT2D eigenvalue weighted by Crippen LogP contribution is -2.49. The normalized spacial score (nSPS) is 17.7. The third kappa shape index (κ3) is 4.39. The van der Waals surface area contributed by atoms with Crippen molar-refractivity contribution in [1.82, 2.24) is 15.0 Å². The Morgan fingerprint density at radius 3 is 2.67 bits per heavy atom. The van der Waals surface area contributed by atoms with Crippen LogP contribution in [0.15, 0.2) is 22.7 Å². The number of carbonyl (C=O) groups is 1. The first-order valence-corrected chi connectivity index (χ1v) is 10.3. The Hall–Kier alpha value is -3.10. The highest BCUT2D eigenvalue weighted by molar-refractivity contribution is 5.87. The third-order valence-electron chi connectivity index (χ3n) is 5.42. The van der Waals surface area contributed by atoms with Crippen molar-refractivity contribution in [1.29, 1.82) is 5.41 Å². The summed E-state index contributed by atoms with van der Waals surface area (Å²) >= 11 is 0. The van der Waals surface area contributed by atoms with E-state index in [0.29, 0.717) is 38.0 Å². The van der Waals surface area contributed by atoms with Gasteiger partial charge in [0, 0.05) is 55.2 Å². The van der Waals surface area contributed by atoms with Gasteiger partial charge in [-0.1, -0.05) is 17.3 Å². The minimum absolute atomic E-state index is 0.239. The largest absolute Gasteiger partial charge is 0.443 e. The van der Waals surface area contributed by atoms with E-state index in [2.05, 4.69) is 15.5 Å². The van der Waals surface area contributed by atoms with Gasteiger partial charge in [0.1, 0.15) is 5.60 Å². The van der Waals surface area contributed by atoms with Crippen molar-refractivity contribution < 1.29 is 14.1 Å². The lowest BCUT2D eigenvalue weighted by atomic mass is 10.1. The predicted octanol–water partition coefficient (Wildman–Crippen LogP) is 3.37. The first kappa shape index (κ1) is 20.2. The van der Waals surface area contributed by atoms with Crippen LogP contribution in [0.1, 0.15) is 39.2 Å². The summed E-state index contributed by atoms with van der Waals surface area (Å²) in [7, 11) is 0. The lowest BCUT2D eigenvalue weighted by molar-refractivity contribution is 0.0568. The molecule has 0 bridgehead atoms. The Bertz CT molecular complexity index is 929. The maximum absolute atomic E-state index is 12.3. The van der Waals surface area contributed by atoms with Crippen molar-refractivity contribution in [2.75, 3.05) is 36.4 Å². The molecule has 1 amide bonds. The molecule has 9 heteroatoms. The van der Waals surface area contributed by atoms with Gasteiger partial charge >= 0.3 is 12.1 Å². The van der Waals surface area contributed by atoms with Gasteiger partial charge in [0.05, 0.1) is 0 Å². The number of piperazine rings is 1. The standard InChI is InChI=1S/C21H28N6O3/c1-14(2)23-17-12-15(4-5-16(17)13-22)18-24-19(30-25-18)26-8-10-27(11-9-26)20(28)29-21(3)6-7-21/h4-5,12-14,22-23H,6-11H2,1-3H3. The maximum atomic E-state index is 12.3. The second-order valence-corrected chi connectivity index (χ2v) is 8.44. The minimum Gasteiger partial charge on any atom is -0.443 e. The van der Waals surface area contributed by atoms with Gasteiger partial charge in [-0.3, -0.25) is 0 Å². The van der Waals surface area contributed by atoms with E-state index in [4.69, 9.17) is 14.7 Å². The number of hydrogen-bond donors (Lipinski definition) is 2. The van der Waals surface area contributed by atoms with Gasteiger partial charge in [-0.2, -0.15) is 4.98 Å². The van der Waals surface area contributed by atoms with Crippen molar-refractivity contribution in [2.24, 2.45) is 0 Å². The second-order valence-electron chi connectivity index (χ2n) is 8.44. The Morgan fingerprint density at radius 1 is 1.30 bits per heavy atom. The average Bonchev–Trinajstić information content (AvgIpc) is 3.25. The van der Waals surface area contributed by atoms with E-state index in [1.54, 1.807) is 4.90 Å². The topological polar surface area (TPSA) is 108 Å². The van der Waals surface area contributed by atoms with Crippen LogP contribution in [0.25, 0.3) is 11.4 Å². The fraction of sp³-hybridized carbons (Fsp3) is 0.524. The summed E-state index contributed by atoms with van der Waals surface area (Å²) in [6.07, 6.45) is 2.97. The van der Waals surface area contributed by atoms with Crippen LogP contribution in [0.3, 0.4) is 0 Å². The predicted molar refractivity (Wildman–Crippen MR) is 114 cm³/mol. The van der Waals surface area contributed by atoms with E-state index >= 15 is 0 Å². The highest BCUT2D eigenvalue weighted by Gasteiger charge is 2.43. The van der Waals surface area contributed by atoms with Gasteiger partial charge in [-0.15, -0.1) is 0 Å². The summed E-state index contributed by atoms with van der Waals surface area (Å²) in [5.41, 5.74) is 2.23. The maximum Gasteiger partial charge on any atom is 0.410 e. The molecule has 1 saturated heterocycles. The van der Waals surface area contributed by atoms with Crippen LogP contribution in [-0.2, 0) is 4.74 Å². The summed E-state index contributed by atoms with van der Waals surface area (Å²) in [6.45, 7) is 8.41. The molecule has 1 aromatic carbocycles. The van der Waals surface area contributed by atoms with Crippen molar-refractivity contribution in [3.05, 3.63) is 23.8 Å². The van der Waals surface area contributed by atoms with Crippen LogP contribution in [-0.4, -0.2) is 65.2 Å². The number of nitrogens with one attached hydrogen (secondary N) is 2. The highest BCUT2D eigenvalue weighted by Crippen LogP contribution is 2.39. The smallest absolute Gasteiger partial charge is 0.410 e. The molecule has 1 saturated carbocycles. The first-order chi connectivity index (χ1) is 14.4. The van der Waals surface area contributed by atoms with Crippen LogP contribution in [0, 0.1) is 5.41 Å².